The maximum absolute atomic E-state index is 13.9. The van der Waals surface area contributed by atoms with E-state index in [2.05, 4.69) is 25.2 Å². The SMILES string of the molecule is O=S(=O)(C1CC1)N1CCC(Nc2ncc(C(F)(F)F)c(-c3cn(-c4ccc(CN5CCC5)cc4Cl)cn3)n2)CC1. The van der Waals surface area contributed by atoms with E-state index in [9.17, 15) is 21.6 Å². The Balaban J connectivity index is 1.20. The van der Waals surface area contributed by atoms with Crippen molar-refractivity contribution in [1.29, 1.82) is 0 Å². The summed E-state index contributed by atoms with van der Waals surface area (Å²) in [6.45, 7) is 3.63. The molecular formula is C26H29ClF3N7O2S. The highest BCUT2D eigenvalue weighted by atomic mass is 35.5. The minimum Gasteiger partial charge on any atom is -0.351 e. The predicted molar refractivity (Wildman–Crippen MR) is 145 cm³/mol. The molecule has 2 aromatic heterocycles. The minimum atomic E-state index is -4.68. The van der Waals surface area contributed by atoms with Crippen LogP contribution in [0.5, 0.6) is 0 Å². The third kappa shape index (κ3) is 5.69. The second kappa shape index (κ2) is 10.6. The van der Waals surface area contributed by atoms with E-state index in [4.69, 9.17) is 11.6 Å². The first-order valence-electron chi connectivity index (χ1n) is 13.3. The summed E-state index contributed by atoms with van der Waals surface area (Å²) < 4.78 is 69.8. The normalized spacial score (nSPS) is 19.5. The summed E-state index contributed by atoms with van der Waals surface area (Å²) in [6.07, 6.45) is 2.57. The van der Waals surface area contributed by atoms with Crippen molar-refractivity contribution >= 4 is 27.6 Å². The summed E-state index contributed by atoms with van der Waals surface area (Å²) in [5, 5.41) is 3.30. The molecule has 0 bridgehead atoms. The van der Waals surface area contributed by atoms with Crippen LogP contribution in [0.25, 0.3) is 17.1 Å². The second-order valence-corrected chi connectivity index (χ2v) is 13.2. The van der Waals surface area contributed by atoms with E-state index in [1.807, 2.05) is 18.2 Å². The van der Waals surface area contributed by atoms with Crippen molar-refractivity contribution in [2.75, 3.05) is 31.5 Å². The van der Waals surface area contributed by atoms with E-state index in [1.165, 1.54) is 23.3 Å². The molecule has 1 N–H and O–H groups in total. The third-order valence-corrected chi connectivity index (χ3v) is 10.4. The largest absolute Gasteiger partial charge is 0.420 e. The lowest BCUT2D eigenvalue weighted by molar-refractivity contribution is -0.137. The highest BCUT2D eigenvalue weighted by molar-refractivity contribution is 7.90. The van der Waals surface area contributed by atoms with Crippen molar-refractivity contribution < 1.29 is 21.6 Å². The molecule has 2 saturated heterocycles. The molecule has 214 valence electrons. The van der Waals surface area contributed by atoms with Gasteiger partial charge in [0.2, 0.25) is 16.0 Å². The van der Waals surface area contributed by atoms with Crippen LogP contribution in [0.15, 0.2) is 36.9 Å². The first-order valence-corrected chi connectivity index (χ1v) is 15.2. The highest BCUT2D eigenvalue weighted by Gasteiger charge is 2.41. The van der Waals surface area contributed by atoms with Gasteiger partial charge in [-0.15, -0.1) is 0 Å². The van der Waals surface area contributed by atoms with Gasteiger partial charge in [0.1, 0.15) is 23.3 Å². The fourth-order valence-electron chi connectivity index (χ4n) is 5.10. The number of rotatable bonds is 8. The van der Waals surface area contributed by atoms with Gasteiger partial charge in [-0.1, -0.05) is 17.7 Å². The van der Waals surface area contributed by atoms with Gasteiger partial charge < -0.3 is 9.88 Å². The molecule has 4 heterocycles. The van der Waals surface area contributed by atoms with Crippen molar-refractivity contribution in [2.24, 2.45) is 0 Å². The van der Waals surface area contributed by atoms with Crippen LogP contribution in [-0.4, -0.2) is 74.6 Å². The Morgan fingerprint density at radius 2 is 1.80 bits per heavy atom. The number of alkyl halides is 3. The van der Waals surface area contributed by atoms with E-state index in [0.29, 0.717) is 49.5 Å². The maximum Gasteiger partial charge on any atom is 0.420 e. The van der Waals surface area contributed by atoms with Crippen LogP contribution in [0.2, 0.25) is 5.02 Å². The molecule has 1 saturated carbocycles. The van der Waals surface area contributed by atoms with Crippen molar-refractivity contribution in [1.82, 2.24) is 28.7 Å². The average Bonchev–Trinajstić information content (AvgIpc) is 3.65. The van der Waals surface area contributed by atoms with Gasteiger partial charge in [-0.3, -0.25) is 4.90 Å². The molecule has 3 aliphatic rings. The van der Waals surface area contributed by atoms with E-state index >= 15 is 0 Å². The van der Waals surface area contributed by atoms with Crippen LogP contribution in [0, 0.1) is 0 Å². The first-order chi connectivity index (χ1) is 19.1. The van der Waals surface area contributed by atoms with Gasteiger partial charge in [0.25, 0.3) is 0 Å². The number of likely N-dealkylation sites (tertiary alicyclic amines) is 1. The van der Waals surface area contributed by atoms with E-state index in [0.717, 1.165) is 31.4 Å². The number of hydrogen-bond donors (Lipinski definition) is 1. The van der Waals surface area contributed by atoms with Crippen molar-refractivity contribution in [3.8, 4) is 17.1 Å². The summed E-state index contributed by atoms with van der Waals surface area (Å²) in [5.74, 6) is 0.0365. The Kier molecular flexibility index (Phi) is 7.26. The standard InChI is InChI=1S/C26H29ClF3N7O2S/c27-21-12-17(14-35-8-1-9-35)2-5-23(21)36-15-22(32-16-36)24-20(26(28,29)30)13-31-25(34-24)33-18-6-10-37(11-7-18)40(38,39)19-3-4-19/h2,5,12-13,15-16,18-19H,1,3-4,6-11,14H2,(H,31,33,34). The Morgan fingerprint density at radius 1 is 1.05 bits per heavy atom. The number of nitrogens with zero attached hydrogens (tertiary/aromatic N) is 6. The van der Waals surface area contributed by atoms with Gasteiger partial charge in [-0.2, -0.15) is 13.2 Å². The molecule has 3 fully saturated rings. The molecule has 2 aliphatic heterocycles. The molecule has 1 aromatic carbocycles. The monoisotopic (exact) mass is 595 g/mol. The Morgan fingerprint density at radius 3 is 2.42 bits per heavy atom. The van der Waals surface area contributed by atoms with Gasteiger partial charge in [0.15, 0.2) is 0 Å². The van der Waals surface area contributed by atoms with Gasteiger partial charge >= 0.3 is 6.18 Å². The molecule has 0 amide bonds. The van der Waals surface area contributed by atoms with Crippen molar-refractivity contribution in [2.45, 2.75) is 56.1 Å². The number of sulfonamides is 1. The van der Waals surface area contributed by atoms with Gasteiger partial charge in [-0.05, 0) is 62.9 Å². The maximum atomic E-state index is 13.9. The van der Waals surface area contributed by atoms with Crippen LogP contribution in [0.4, 0.5) is 19.1 Å². The van der Waals surface area contributed by atoms with Crippen LogP contribution in [-0.2, 0) is 22.7 Å². The van der Waals surface area contributed by atoms with Crippen LogP contribution in [0.3, 0.4) is 0 Å². The summed E-state index contributed by atoms with van der Waals surface area (Å²) in [7, 11) is -3.25. The lowest BCUT2D eigenvalue weighted by Crippen LogP contribution is -2.43. The molecule has 9 nitrogen and oxygen atoms in total. The zero-order valence-corrected chi connectivity index (χ0v) is 23.2. The van der Waals surface area contributed by atoms with E-state index in [1.54, 1.807) is 4.57 Å². The number of nitrogens with one attached hydrogen (secondary N) is 1. The number of anilines is 1. The average molecular weight is 596 g/mol. The van der Waals surface area contributed by atoms with Crippen LogP contribution in [0.1, 0.15) is 43.2 Å². The highest BCUT2D eigenvalue weighted by Crippen LogP contribution is 2.37. The van der Waals surface area contributed by atoms with Gasteiger partial charge in [0, 0.05) is 38.1 Å². The summed E-state index contributed by atoms with van der Waals surface area (Å²) >= 11 is 6.54. The molecule has 1 aliphatic carbocycles. The number of hydrogen-bond acceptors (Lipinski definition) is 7. The van der Waals surface area contributed by atoms with Crippen LogP contribution < -0.4 is 5.32 Å². The van der Waals surface area contributed by atoms with Gasteiger partial charge in [0.05, 0.1) is 16.0 Å². The van der Waals surface area contributed by atoms with Crippen LogP contribution >= 0.6 is 11.6 Å². The Labute approximate surface area is 235 Å². The third-order valence-electron chi connectivity index (χ3n) is 7.66. The fraction of sp³-hybridized carbons (Fsp3) is 0.500. The topological polar surface area (TPSA) is 96.2 Å². The fourth-order valence-corrected chi connectivity index (χ4v) is 7.27. The molecule has 40 heavy (non-hydrogen) atoms. The minimum absolute atomic E-state index is 0.0313. The Bertz CT molecular complexity index is 1500. The molecule has 3 aromatic rings. The van der Waals surface area contributed by atoms with Crippen molar-refractivity contribution in [3.05, 3.63) is 53.1 Å². The summed E-state index contributed by atoms with van der Waals surface area (Å²) in [6, 6.07) is 5.48. The van der Waals surface area contributed by atoms with E-state index < -0.39 is 21.8 Å². The molecule has 14 heteroatoms. The van der Waals surface area contributed by atoms with E-state index in [-0.39, 0.29) is 28.6 Å². The summed E-state index contributed by atoms with van der Waals surface area (Å²) in [4.78, 5) is 14.7. The van der Waals surface area contributed by atoms with Gasteiger partial charge in [-0.25, -0.2) is 27.7 Å². The molecule has 0 spiro atoms. The number of imidazole rings is 1. The predicted octanol–water partition coefficient (Wildman–Crippen LogP) is 4.58. The lowest BCUT2D eigenvalue weighted by atomic mass is 10.1. The zero-order chi connectivity index (χ0) is 28.1. The Hall–Kier alpha value is -2.74. The lowest BCUT2D eigenvalue weighted by Gasteiger charge is -2.31. The molecule has 6 rings (SSSR count). The summed E-state index contributed by atoms with van der Waals surface area (Å²) in [5.41, 5.74) is 0.355. The molecular weight excluding hydrogens is 567 g/mol. The molecule has 0 radical (unpaired) electrons. The zero-order valence-electron chi connectivity index (χ0n) is 21.6. The quantitative estimate of drug-likeness (QED) is 0.407. The number of halogens is 4. The number of benzene rings is 1. The second-order valence-electron chi connectivity index (χ2n) is 10.6. The molecule has 0 unspecified atom stereocenters. The molecule has 0 atom stereocenters. The number of aromatic nitrogens is 4. The first kappa shape index (κ1) is 27.4. The smallest absolute Gasteiger partial charge is 0.351 e. The van der Waals surface area contributed by atoms with Crippen molar-refractivity contribution in [3.63, 3.8) is 0 Å². The number of piperidine rings is 1.